The normalized spacial score (nSPS) is 28.0. The summed E-state index contributed by atoms with van der Waals surface area (Å²) in [5, 5.41) is 0. The number of hydrogen-bond donors (Lipinski definition) is 0. The van der Waals surface area contributed by atoms with Gasteiger partial charge in [0, 0.05) is 0 Å². The van der Waals surface area contributed by atoms with Gasteiger partial charge in [-0.05, 0) is 55.4 Å². The summed E-state index contributed by atoms with van der Waals surface area (Å²) in [5.41, 5.74) is 1.47. The maximum Gasteiger partial charge on any atom is -0.0205 e. The second-order valence-electron chi connectivity index (χ2n) is 5.88. The fourth-order valence-corrected chi connectivity index (χ4v) is 3.01. The second-order valence-corrected chi connectivity index (χ2v) is 5.88. The zero-order valence-corrected chi connectivity index (χ0v) is 11.8. The van der Waals surface area contributed by atoms with Gasteiger partial charge in [-0.2, -0.15) is 0 Å². The van der Waals surface area contributed by atoms with Crippen molar-refractivity contribution in [3.63, 3.8) is 0 Å². The Hall–Kier alpha value is -1.04. The van der Waals surface area contributed by atoms with Gasteiger partial charge in [0.2, 0.25) is 0 Å². The lowest BCUT2D eigenvalue weighted by Crippen LogP contribution is -2.05. The van der Waals surface area contributed by atoms with Gasteiger partial charge in [-0.1, -0.05) is 56.3 Å². The average molecular weight is 242 g/mol. The zero-order chi connectivity index (χ0) is 12.8. The minimum absolute atomic E-state index is 0.844. The molecular formula is C18H26. The smallest absolute Gasteiger partial charge is 0.0205 e. The highest BCUT2D eigenvalue weighted by molar-refractivity contribution is 5.14. The number of allylic oxidation sites excluding steroid dienone is 2. The molecule has 0 N–H and O–H groups in total. The summed E-state index contributed by atoms with van der Waals surface area (Å²) in [6, 6.07) is 10.8. The molecule has 0 aliphatic heterocycles. The van der Waals surface area contributed by atoms with Gasteiger partial charge in [0.15, 0.2) is 0 Å². The Morgan fingerprint density at radius 3 is 2.56 bits per heavy atom. The lowest BCUT2D eigenvalue weighted by atomic mass is 9.92. The van der Waals surface area contributed by atoms with E-state index >= 15 is 0 Å². The molecule has 1 aliphatic carbocycles. The predicted octanol–water partition coefficient (Wildman–Crippen LogP) is 5.25. The molecule has 0 amide bonds. The Morgan fingerprint density at radius 1 is 1.11 bits per heavy atom. The maximum atomic E-state index is 2.49. The van der Waals surface area contributed by atoms with E-state index in [9.17, 15) is 0 Å². The van der Waals surface area contributed by atoms with Crippen LogP contribution in [-0.4, -0.2) is 0 Å². The molecule has 18 heavy (non-hydrogen) atoms. The Kier molecular flexibility index (Phi) is 5.04. The molecule has 2 rings (SSSR count). The third-order valence-corrected chi connectivity index (χ3v) is 4.59. The molecule has 1 aliphatic rings. The van der Waals surface area contributed by atoms with Gasteiger partial charge in [-0.3, -0.25) is 0 Å². The highest BCUT2D eigenvalue weighted by atomic mass is 14.3. The van der Waals surface area contributed by atoms with Crippen LogP contribution in [0, 0.1) is 17.8 Å². The molecule has 98 valence electrons. The summed E-state index contributed by atoms with van der Waals surface area (Å²) < 4.78 is 0. The molecule has 0 radical (unpaired) electrons. The van der Waals surface area contributed by atoms with Gasteiger partial charge >= 0.3 is 0 Å². The molecule has 3 atom stereocenters. The van der Waals surface area contributed by atoms with Crippen LogP contribution in [0.15, 0.2) is 42.5 Å². The monoisotopic (exact) mass is 242 g/mol. The quantitative estimate of drug-likeness (QED) is 0.489. The van der Waals surface area contributed by atoms with Crippen molar-refractivity contribution < 1.29 is 0 Å². The van der Waals surface area contributed by atoms with E-state index in [-0.39, 0.29) is 0 Å². The summed E-state index contributed by atoms with van der Waals surface area (Å²) in [5.74, 6) is 2.65. The van der Waals surface area contributed by atoms with Crippen LogP contribution in [0.2, 0.25) is 0 Å². The predicted molar refractivity (Wildman–Crippen MR) is 79.6 cm³/mol. The molecule has 0 nitrogen and oxygen atoms in total. The van der Waals surface area contributed by atoms with Crippen molar-refractivity contribution in [3.05, 3.63) is 48.0 Å². The van der Waals surface area contributed by atoms with Crippen LogP contribution in [0.3, 0.4) is 0 Å². The summed E-state index contributed by atoms with van der Waals surface area (Å²) >= 11 is 0. The first-order chi connectivity index (χ1) is 8.77. The van der Waals surface area contributed by atoms with Crippen LogP contribution in [0.4, 0.5) is 0 Å². The van der Waals surface area contributed by atoms with E-state index in [2.05, 4.69) is 56.3 Å². The summed E-state index contributed by atoms with van der Waals surface area (Å²) in [6.45, 7) is 4.81. The molecule has 0 heterocycles. The number of unbranched alkanes of at least 4 members (excludes halogenated alkanes) is 1. The van der Waals surface area contributed by atoms with E-state index in [1.54, 1.807) is 0 Å². The van der Waals surface area contributed by atoms with E-state index in [4.69, 9.17) is 0 Å². The van der Waals surface area contributed by atoms with E-state index < -0.39 is 0 Å². The van der Waals surface area contributed by atoms with Crippen molar-refractivity contribution in [1.29, 1.82) is 0 Å². The molecule has 0 saturated heterocycles. The molecule has 1 saturated carbocycles. The molecule has 0 aromatic heterocycles. The third-order valence-electron chi connectivity index (χ3n) is 4.59. The lowest BCUT2D eigenvalue weighted by molar-refractivity contribution is 0.406. The largest absolute Gasteiger partial charge is 0.0882 e. The molecule has 0 spiro atoms. The van der Waals surface area contributed by atoms with Crippen molar-refractivity contribution in [3.8, 4) is 0 Å². The molecular weight excluding hydrogens is 216 g/mol. The van der Waals surface area contributed by atoms with E-state index in [1.165, 1.54) is 37.7 Å². The number of rotatable bonds is 5. The van der Waals surface area contributed by atoms with Crippen LogP contribution >= 0.6 is 0 Å². The van der Waals surface area contributed by atoms with E-state index in [0.29, 0.717) is 0 Å². The Labute approximate surface area is 112 Å². The number of aryl methyl sites for hydroxylation is 1. The zero-order valence-electron chi connectivity index (χ0n) is 11.8. The Bertz CT molecular complexity index is 363. The summed E-state index contributed by atoms with van der Waals surface area (Å²) in [4.78, 5) is 0. The van der Waals surface area contributed by atoms with Gasteiger partial charge < -0.3 is 0 Å². The molecule has 1 aromatic carbocycles. The first-order valence-corrected chi connectivity index (χ1v) is 7.48. The summed E-state index contributed by atoms with van der Waals surface area (Å²) in [6.07, 6.45) is 11.4. The van der Waals surface area contributed by atoms with Gasteiger partial charge in [-0.25, -0.2) is 0 Å². The average Bonchev–Trinajstić information content (AvgIpc) is 2.71. The fraction of sp³-hybridized carbons (Fsp3) is 0.556. The summed E-state index contributed by atoms with van der Waals surface area (Å²) in [7, 11) is 0. The maximum absolute atomic E-state index is 2.49. The van der Waals surface area contributed by atoms with Crippen LogP contribution in [0.1, 0.15) is 45.1 Å². The lowest BCUT2D eigenvalue weighted by Gasteiger charge is -2.13. The van der Waals surface area contributed by atoms with Crippen molar-refractivity contribution >= 4 is 0 Å². The standard InChI is InChI=1S/C18H26/c1-15-13-14-18(16(15)2)12-8-4-7-11-17-9-5-3-6-10-17/h3,5-6,8-10,12,15-16,18H,4,7,11,13-14H2,1-2H3/b12-8+. The van der Waals surface area contributed by atoms with Crippen LogP contribution < -0.4 is 0 Å². The Morgan fingerprint density at radius 2 is 1.89 bits per heavy atom. The highest BCUT2D eigenvalue weighted by Gasteiger charge is 2.27. The topological polar surface area (TPSA) is 0 Å². The van der Waals surface area contributed by atoms with Gasteiger partial charge in [0.1, 0.15) is 0 Å². The van der Waals surface area contributed by atoms with Crippen molar-refractivity contribution in [2.75, 3.05) is 0 Å². The van der Waals surface area contributed by atoms with Crippen LogP contribution in [0.25, 0.3) is 0 Å². The molecule has 0 bridgehead atoms. The minimum atomic E-state index is 0.844. The fourth-order valence-electron chi connectivity index (χ4n) is 3.01. The van der Waals surface area contributed by atoms with Gasteiger partial charge in [0.05, 0.1) is 0 Å². The van der Waals surface area contributed by atoms with Crippen molar-refractivity contribution in [2.45, 2.75) is 46.0 Å². The van der Waals surface area contributed by atoms with Crippen molar-refractivity contribution in [2.24, 2.45) is 17.8 Å². The van der Waals surface area contributed by atoms with Crippen LogP contribution in [-0.2, 0) is 6.42 Å². The van der Waals surface area contributed by atoms with Crippen LogP contribution in [0.5, 0.6) is 0 Å². The minimum Gasteiger partial charge on any atom is -0.0882 e. The number of benzene rings is 1. The van der Waals surface area contributed by atoms with Gasteiger partial charge in [0.25, 0.3) is 0 Å². The Balaban J connectivity index is 1.66. The highest BCUT2D eigenvalue weighted by Crippen LogP contribution is 2.37. The molecule has 3 unspecified atom stereocenters. The van der Waals surface area contributed by atoms with Crippen molar-refractivity contribution in [1.82, 2.24) is 0 Å². The van der Waals surface area contributed by atoms with E-state index in [1.807, 2.05) is 0 Å². The third kappa shape index (κ3) is 3.73. The SMILES string of the molecule is CC1CCC(/C=C/CCCc2ccccc2)C1C. The first kappa shape index (κ1) is 13.4. The number of hydrogen-bond acceptors (Lipinski definition) is 0. The van der Waals surface area contributed by atoms with E-state index in [0.717, 1.165) is 17.8 Å². The molecule has 1 fully saturated rings. The second kappa shape index (κ2) is 6.78. The first-order valence-electron chi connectivity index (χ1n) is 7.48. The molecule has 0 heteroatoms. The van der Waals surface area contributed by atoms with Gasteiger partial charge in [-0.15, -0.1) is 0 Å². The molecule has 1 aromatic rings.